The van der Waals surface area contributed by atoms with Gasteiger partial charge in [-0.15, -0.1) is 0 Å². The highest BCUT2D eigenvalue weighted by Crippen LogP contribution is 2.33. The Balaban J connectivity index is 1.48. The predicted octanol–water partition coefficient (Wildman–Crippen LogP) is 4.18. The van der Waals surface area contributed by atoms with Crippen LogP contribution in [0.15, 0.2) is 72.8 Å². The molecule has 0 saturated carbocycles. The van der Waals surface area contributed by atoms with E-state index in [1.165, 1.54) is 34.1 Å². The molecule has 7 nitrogen and oxygen atoms in total. The molecule has 168 valence electrons. The molecular formula is C24H20ClFN4O3. The van der Waals surface area contributed by atoms with E-state index in [-0.39, 0.29) is 25.5 Å². The van der Waals surface area contributed by atoms with Crippen LogP contribution in [-0.2, 0) is 16.1 Å². The summed E-state index contributed by atoms with van der Waals surface area (Å²) in [5.41, 5.74) is 2.08. The zero-order chi connectivity index (χ0) is 23.4. The molecule has 3 aromatic carbocycles. The van der Waals surface area contributed by atoms with Gasteiger partial charge in [-0.3, -0.25) is 19.4 Å². The standard InChI is InChI=1S/C24H20ClFN4O3/c25-19-6-2-1-5-16(19)13-27-22(31)14-29-20-7-3-4-8-21(20)30(15-23(29)32)24(33)28-18-11-9-17(26)10-12-18/h1-12H,13-15H2,(H,27,31)(H,28,33). The third kappa shape index (κ3) is 5.12. The van der Waals surface area contributed by atoms with Crippen molar-refractivity contribution in [1.82, 2.24) is 5.32 Å². The minimum atomic E-state index is -0.537. The zero-order valence-corrected chi connectivity index (χ0v) is 18.2. The molecule has 0 bridgehead atoms. The zero-order valence-electron chi connectivity index (χ0n) is 17.4. The Morgan fingerprint density at radius 3 is 2.33 bits per heavy atom. The van der Waals surface area contributed by atoms with Crippen molar-refractivity contribution >= 4 is 46.5 Å². The van der Waals surface area contributed by atoms with Crippen LogP contribution in [0.5, 0.6) is 0 Å². The number of benzene rings is 3. The van der Waals surface area contributed by atoms with Gasteiger partial charge in [-0.1, -0.05) is 41.9 Å². The minimum absolute atomic E-state index is 0.201. The van der Waals surface area contributed by atoms with E-state index in [0.717, 1.165) is 5.56 Å². The fraction of sp³-hybridized carbons (Fsp3) is 0.125. The number of carbonyl (C=O) groups excluding carboxylic acids is 3. The number of fused-ring (bicyclic) bond motifs is 1. The number of rotatable bonds is 5. The average molecular weight is 467 g/mol. The van der Waals surface area contributed by atoms with Gasteiger partial charge in [0.15, 0.2) is 0 Å². The van der Waals surface area contributed by atoms with Gasteiger partial charge in [0.05, 0.1) is 11.4 Å². The molecule has 3 aromatic rings. The maximum Gasteiger partial charge on any atom is 0.326 e. The van der Waals surface area contributed by atoms with Crippen LogP contribution in [0.4, 0.5) is 26.2 Å². The van der Waals surface area contributed by atoms with Crippen molar-refractivity contribution in [2.75, 3.05) is 28.2 Å². The largest absolute Gasteiger partial charge is 0.350 e. The smallest absolute Gasteiger partial charge is 0.326 e. The van der Waals surface area contributed by atoms with Crippen molar-refractivity contribution < 1.29 is 18.8 Å². The van der Waals surface area contributed by atoms with Crippen molar-refractivity contribution in [3.05, 3.63) is 89.2 Å². The first-order valence-electron chi connectivity index (χ1n) is 10.2. The highest BCUT2D eigenvalue weighted by molar-refractivity contribution is 6.31. The highest BCUT2D eigenvalue weighted by Gasteiger charge is 2.33. The third-order valence-electron chi connectivity index (χ3n) is 5.13. The number of hydrogen-bond acceptors (Lipinski definition) is 3. The van der Waals surface area contributed by atoms with Crippen LogP contribution in [0.1, 0.15) is 5.56 Å². The van der Waals surface area contributed by atoms with Crippen LogP contribution in [0.2, 0.25) is 5.02 Å². The summed E-state index contributed by atoms with van der Waals surface area (Å²) in [4.78, 5) is 40.9. The van der Waals surface area contributed by atoms with Gasteiger partial charge < -0.3 is 10.6 Å². The molecule has 1 aliphatic rings. The molecule has 0 atom stereocenters. The number of para-hydroxylation sites is 2. The molecule has 4 amide bonds. The number of nitrogens with zero attached hydrogens (tertiary/aromatic N) is 2. The molecule has 0 unspecified atom stereocenters. The molecule has 0 fully saturated rings. The van der Waals surface area contributed by atoms with Gasteiger partial charge in [-0.05, 0) is 48.0 Å². The number of amides is 4. The fourth-order valence-electron chi connectivity index (χ4n) is 3.47. The number of hydrogen-bond donors (Lipinski definition) is 2. The maximum atomic E-state index is 13.1. The second kappa shape index (κ2) is 9.70. The molecule has 0 aliphatic carbocycles. The quantitative estimate of drug-likeness (QED) is 0.592. The third-order valence-corrected chi connectivity index (χ3v) is 5.50. The fourth-order valence-corrected chi connectivity index (χ4v) is 3.68. The monoisotopic (exact) mass is 466 g/mol. The second-order valence-corrected chi connectivity index (χ2v) is 7.77. The van der Waals surface area contributed by atoms with E-state index in [2.05, 4.69) is 10.6 Å². The molecule has 9 heteroatoms. The van der Waals surface area contributed by atoms with Crippen molar-refractivity contribution in [2.45, 2.75) is 6.54 Å². The summed E-state index contributed by atoms with van der Waals surface area (Å²) in [7, 11) is 0. The highest BCUT2D eigenvalue weighted by atomic mass is 35.5. The lowest BCUT2D eigenvalue weighted by Gasteiger charge is -2.35. The normalized spacial score (nSPS) is 12.8. The maximum absolute atomic E-state index is 13.1. The number of halogens is 2. The lowest BCUT2D eigenvalue weighted by molar-refractivity contribution is -0.123. The predicted molar refractivity (Wildman–Crippen MR) is 125 cm³/mol. The van der Waals surface area contributed by atoms with Gasteiger partial charge in [0, 0.05) is 17.3 Å². The Morgan fingerprint density at radius 2 is 1.61 bits per heavy atom. The minimum Gasteiger partial charge on any atom is -0.350 e. The van der Waals surface area contributed by atoms with Gasteiger partial charge in [-0.25, -0.2) is 9.18 Å². The van der Waals surface area contributed by atoms with E-state index >= 15 is 0 Å². The molecular weight excluding hydrogens is 447 g/mol. The summed E-state index contributed by atoms with van der Waals surface area (Å²) in [6.07, 6.45) is 0. The van der Waals surface area contributed by atoms with Crippen molar-refractivity contribution in [1.29, 1.82) is 0 Å². The van der Waals surface area contributed by atoms with Gasteiger partial charge in [-0.2, -0.15) is 0 Å². The Kier molecular flexibility index (Phi) is 6.55. The molecule has 2 N–H and O–H groups in total. The lowest BCUT2D eigenvalue weighted by atomic mass is 10.1. The van der Waals surface area contributed by atoms with Crippen LogP contribution < -0.4 is 20.4 Å². The van der Waals surface area contributed by atoms with Crippen LogP contribution in [-0.4, -0.2) is 30.9 Å². The van der Waals surface area contributed by atoms with Crippen LogP contribution in [0, 0.1) is 5.82 Å². The Bertz CT molecular complexity index is 1200. The Labute approximate surface area is 194 Å². The molecule has 33 heavy (non-hydrogen) atoms. The van der Waals surface area contributed by atoms with E-state index in [9.17, 15) is 18.8 Å². The molecule has 0 spiro atoms. The van der Waals surface area contributed by atoms with Gasteiger partial charge >= 0.3 is 6.03 Å². The molecule has 1 aliphatic heterocycles. The van der Waals surface area contributed by atoms with Gasteiger partial charge in [0.1, 0.15) is 18.9 Å². The van der Waals surface area contributed by atoms with E-state index in [0.29, 0.717) is 22.1 Å². The average Bonchev–Trinajstić information content (AvgIpc) is 2.81. The van der Waals surface area contributed by atoms with Crippen molar-refractivity contribution in [2.24, 2.45) is 0 Å². The number of carbonyl (C=O) groups is 3. The van der Waals surface area contributed by atoms with Crippen molar-refractivity contribution in [3.8, 4) is 0 Å². The summed E-state index contributed by atoms with van der Waals surface area (Å²) in [6.45, 7) is -0.218. The molecule has 0 radical (unpaired) electrons. The topological polar surface area (TPSA) is 81.8 Å². The lowest BCUT2D eigenvalue weighted by Crippen LogP contribution is -2.52. The van der Waals surface area contributed by atoms with Crippen LogP contribution in [0.25, 0.3) is 0 Å². The van der Waals surface area contributed by atoms with E-state index < -0.39 is 17.8 Å². The van der Waals surface area contributed by atoms with Crippen molar-refractivity contribution in [3.63, 3.8) is 0 Å². The molecule has 0 aromatic heterocycles. The first-order chi connectivity index (χ1) is 15.9. The van der Waals surface area contributed by atoms with E-state index in [1.54, 1.807) is 36.4 Å². The second-order valence-electron chi connectivity index (χ2n) is 7.36. The SMILES string of the molecule is O=C(CN1C(=O)CN(C(=O)Nc2ccc(F)cc2)c2ccccc21)NCc1ccccc1Cl. The van der Waals surface area contributed by atoms with Crippen LogP contribution >= 0.6 is 11.6 Å². The summed E-state index contributed by atoms with van der Waals surface area (Å²) >= 11 is 6.12. The molecule has 0 saturated heterocycles. The Morgan fingerprint density at radius 1 is 0.939 bits per heavy atom. The Hall–Kier alpha value is -3.91. The first-order valence-corrected chi connectivity index (χ1v) is 10.5. The molecule has 1 heterocycles. The van der Waals surface area contributed by atoms with Gasteiger partial charge in [0.2, 0.25) is 11.8 Å². The summed E-state index contributed by atoms with van der Waals surface area (Å²) in [6, 6.07) is 18.8. The number of nitrogens with one attached hydrogen (secondary N) is 2. The van der Waals surface area contributed by atoms with Crippen LogP contribution in [0.3, 0.4) is 0 Å². The first kappa shape index (κ1) is 22.3. The van der Waals surface area contributed by atoms with E-state index in [1.807, 2.05) is 12.1 Å². The molecule has 4 rings (SSSR count). The summed E-state index contributed by atoms with van der Waals surface area (Å²) in [5, 5.41) is 5.97. The number of urea groups is 1. The number of anilines is 3. The summed E-state index contributed by atoms with van der Waals surface area (Å²) in [5.74, 6) is -1.19. The van der Waals surface area contributed by atoms with E-state index in [4.69, 9.17) is 11.6 Å². The van der Waals surface area contributed by atoms with Gasteiger partial charge in [0.25, 0.3) is 0 Å². The summed E-state index contributed by atoms with van der Waals surface area (Å²) < 4.78 is 13.1.